The molecule has 0 saturated heterocycles. The number of anilines is 2. The number of nitrogens with one attached hydrogen (secondary N) is 2. The molecule has 84 valence electrons. The third kappa shape index (κ3) is 3.73. The first-order valence-corrected chi connectivity index (χ1v) is 4.79. The number of aromatic nitrogens is 1. The van der Waals surface area contributed by atoms with Gasteiger partial charge in [-0.15, -0.1) is 0 Å². The highest BCUT2D eigenvalue weighted by molar-refractivity contribution is 5.51. The first-order valence-electron chi connectivity index (χ1n) is 4.79. The molecule has 0 spiro atoms. The minimum absolute atomic E-state index is 0.195. The molecule has 4 N–H and O–H groups in total. The van der Waals surface area contributed by atoms with Crippen LogP contribution < -0.4 is 16.6 Å². The number of hydrogen-bond acceptors (Lipinski definition) is 5. The SMILES string of the molecule is COC(C)(C)CNc1ccnc(NN)c1. The van der Waals surface area contributed by atoms with Crippen molar-refractivity contribution in [2.75, 3.05) is 24.4 Å². The van der Waals surface area contributed by atoms with Gasteiger partial charge in [0.1, 0.15) is 5.82 Å². The number of nitrogens with zero attached hydrogens (tertiary/aromatic N) is 1. The third-order valence-electron chi connectivity index (χ3n) is 2.18. The molecule has 1 heterocycles. The third-order valence-corrected chi connectivity index (χ3v) is 2.18. The molecular formula is C10H18N4O. The number of methoxy groups -OCH3 is 1. The van der Waals surface area contributed by atoms with Gasteiger partial charge in [-0.1, -0.05) is 0 Å². The molecule has 0 aromatic carbocycles. The molecule has 0 aliphatic rings. The Bertz CT molecular complexity index is 314. The maximum absolute atomic E-state index is 5.30. The van der Waals surface area contributed by atoms with Crippen molar-refractivity contribution >= 4 is 11.5 Å². The van der Waals surface area contributed by atoms with Crippen LogP contribution in [0.3, 0.4) is 0 Å². The summed E-state index contributed by atoms with van der Waals surface area (Å²) >= 11 is 0. The minimum atomic E-state index is -0.195. The monoisotopic (exact) mass is 210 g/mol. The summed E-state index contributed by atoms with van der Waals surface area (Å²) in [5.41, 5.74) is 3.26. The molecule has 1 rings (SSSR count). The molecule has 0 unspecified atom stereocenters. The predicted octanol–water partition coefficient (Wildman–Crippen LogP) is 1.20. The van der Waals surface area contributed by atoms with Gasteiger partial charge in [0.05, 0.1) is 5.60 Å². The summed E-state index contributed by atoms with van der Waals surface area (Å²) in [5.74, 6) is 5.90. The Morgan fingerprint density at radius 2 is 2.27 bits per heavy atom. The number of nitrogens with two attached hydrogens (primary N) is 1. The van der Waals surface area contributed by atoms with E-state index in [1.165, 1.54) is 0 Å². The van der Waals surface area contributed by atoms with Crippen molar-refractivity contribution in [2.45, 2.75) is 19.4 Å². The second-order valence-electron chi connectivity index (χ2n) is 3.89. The van der Waals surface area contributed by atoms with Crippen LogP contribution in [-0.2, 0) is 4.74 Å². The zero-order chi connectivity index (χ0) is 11.3. The lowest BCUT2D eigenvalue weighted by Gasteiger charge is -2.23. The van der Waals surface area contributed by atoms with E-state index in [2.05, 4.69) is 15.7 Å². The summed E-state index contributed by atoms with van der Waals surface area (Å²) in [6.45, 7) is 4.75. The van der Waals surface area contributed by atoms with Gasteiger partial charge in [-0.3, -0.25) is 0 Å². The fourth-order valence-corrected chi connectivity index (χ4v) is 1.01. The molecule has 5 nitrogen and oxygen atoms in total. The van der Waals surface area contributed by atoms with E-state index in [0.717, 1.165) is 12.2 Å². The van der Waals surface area contributed by atoms with E-state index in [9.17, 15) is 0 Å². The normalized spacial score (nSPS) is 11.2. The fraction of sp³-hybridized carbons (Fsp3) is 0.500. The van der Waals surface area contributed by atoms with Crippen molar-refractivity contribution in [1.82, 2.24) is 4.98 Å². The molecule has 0 aliphatic carbocycles. The predicted molar refractivity (Wildman–Crippen MR) is 61.6 cm³/mol. The smallest absolute Gasteiger partial charge is 0.141 e. The molecule has 0 radical (unpaired) electrons. The quantitative estimate of drug-likeness (QED) is 0.503. The van der Waals surface area contributed by atoms with Gasteiger partial charge in [-0.2, -0.15) is 0 Å². The topological polar surface area (TPSA) is 72.2 Å². The maximum atomic E-state index is 5.30. The average molecular weight is 210 g/mol. The Morgan fingerprint density at radius 3 is 2.87 bits per heavy atom. The summed E-state index contributed by atoms with van der Waals surface area (Å²) in [5, 5.41) is 3.25. The highest BCUT2D eigenvalue weighted by Crippen LogP contribution is 2.13. The van der Waals surface area contributed by atoms with Gasteiger partial charge in [-0.25, -0.2) is 10.8 Å². The van der Waals surface area contributed by atoms with Gasteiger partial charge in [0.25, 0.3) is 0 Å². The van der Waals surface area contributed by atoms with E-state index in [1.54, 1.807) is 13.3 Å². The molecule has 15 heavy (non-hydrogen) atoms. The Morgan fingerprint density at radius 1 is 1.53 bits per heavy atom. The van der Waals surface area contributed by atoms with Gasteiger partial charge in [-0.05, 0) is 19.9 Å². The Kier molecular flexibility index (Phi) is 3.88. The second kappa shape index (κ2) is 4.95. The second-order valence-corrected chi connectivity index (χ2v) is 3.89. The largest absolute Gasteiger partial charge is 0.382 e. The molecule has 0 amide bonds. The molecule has 1 aromatic rings. The molecule has 0 saturated carbocycles. The van der Waals surface area contributed by atoms with Crippen molar-refractivity contribution in [3.8, 4) is 0 Å². The number of ether oxygens (including phenoxy) is 1. The molecule has 0 bridgehead atoms. The number of nitrogen functional groups attached to an aromatic ring is 1. The van der Waals surface area contributed by atoms with Crippen LogP contribution in [0.1, 0.15) is 13.8 Å². The van der Waals surface area contributed by atoms with E-state index in [1.807, 2.05) is 26.0 Å². The summed E-state index contributed by atoms with van der Waals surface area (Å²) in [4.78, 5) is 4.02. The Balaban J connectivity index is 2.57. The number of pyridine rings is 1. The first kappa shape index (κ1) is 11.7. The van der Waals surface area contributed by atoms with Crippen LogP contribution in [0.2, 0.25) is 0 Å². The van der Waals surface area contributed by atoms with Crippen molar-refractivity contribution < 1.29 is 4.74 Å². The van der Waals surface area contributed by atoms with Crippen LogP contribution >= 0.6 is 0 Å². The average Bonchev–Trinajstić information content (AvgIpc) is 2.27. The summed E-state index contributed by atoms with van der Waals surface area (Å²) in [6.07, 6.45) is 1.69. The Hall–Kier alpha value is -1.33. The van der Waals surface area contributed by atoms with E-state index in [0.29, 0.717) is 5.82 Å². The van der Waals surface area contributed by atoms with Crippen LogP contribution in [0.4, 0.5) is 11.5 Å². The van der Waals surface area contributed by atoms with Crippen molar-refractivity contribution in [3.63, 3.8) is 0 Å². The summed E-state index contributed by atoms with van der Waals surface area (Å²) in [6, 6.07) is 3.72. The highest BCUT2D eigenvalue weighted by atomic mass is 16.5. The lowest BCUT2D eigenvalue weighted by molar-refractivity contribution is 0.0344. The zero-order valence-corrected chi connectivity index (χ0v) is 9.37. The number of hydrogen-bond donors (Lipinski definition) is 3. The Labute approximate surface area is 90.0 Å². The number of hydrazine groups is 1. The lowest BCUT2D eigenvalue weighted by Crippen LogP contribution is -2.32. The van der Waals surface area contributed by atoms with E-state index < -0.39 is 0 Å². The van der Waals surface area contributed by atoms with E-state index >= 15 is 0 Å². The van der Waals surface area contributed by atoms with Gasteiger partial charge in [0.2, 0.25) is 0 Å². The summed E-state index contributed by atoms with van der Waals surface area (Å²) in [7, 11) is 1.70. The maximum Gasteiger partial charge on any atom is 0.141 e. The molecule has 5 heteroatoms. The molecule has 1 aromatic heterocycles. The van der Waals surface area contributed by atoms with Gasteiger partial charge >= 0.3 is 0 Å². The van der Waals surface area contributed by atoms with Gasteiger partial charge in [0.15, 0.2) is 0 Å². The zero-order valence-electron chi connectivity index (χ0n) is 9.37. The van der Waals surface area contributed by atoms with E-state index in [4.69, 9.17) is 10.6 Å². The van der Waals surface area contributed by atoms with Crippen LogP contribution in [0.15, 0.2) is 18.3 Å². The van der Waals surface area contributed by atoms with Crippen LogP contribution in [0, 0.1) is 0 Å². The van der Waals surface area contributed by atoms with Crippen LogP contribution in [0.5, 0.6) is 0 Å². The van der Waals surface area contributed by atoms with Gasteiger partial charge in [0, 0.05) is 31.6 Å². The fourth-order valence-electron chi connectivity index (χ4n) is 1.01. The molecular weight excluding hydrogens is 192 g/mol. The van der Waals surface area contributed by atoms with Crippen molar-refractivity contribution in [2.24, 2.45) is 5.84 Å². The first-order chi connectivity index (χ1) is 7.07. The number of rotatable bonds is 5. The van der Waals surface area contributed by atoms with Gasteiger partial charge < -0.3 is 15.5 Å². The molecule has 0 aliphatic heterocycles. The van der Waals surface area contributed by atoms with Crippen molar-refractivity contribution in [1.29, 1.82) is 0 Å². The van der Waals surface area contributed by atoms with Crippen LogP contribution in [-0.4, -0.2) is 24.2 Å². The molecule has 0 fully saturated rings. The summed E-state index contributed by atoms with van der Waals surface area (Å²) < 4.78 is 5.30. The van der Waals surface area contributed by atoms with Crippen LogP contribution in [0.25, 0.3) is 0 Å². The lowest BCUT2D eigenvalue weighted by atomic mass is 10.1. The highest BCUT2D eigenvalue weighted by Gasteiger charge is 2.15. The van der Waals surface area contributed by atoms with Crippen molar-refractivity contribution in [3.05, 3.63) is 18.3 Å². The standard InChI is InChI=1S/C10H18N4O/c1-10(2,15-3)7-13-8-4-5-12-9(6-8)14-11/h4-6H,7,11H2,1-3H3,(H2,12,13,14). The van der Waals surface area contributed by atoms with E-state index in [-0.39, 0.29) is 5.60 Å². The molecule has 0 atom stereocenters. The minimum Gasteiger partial charge on any atom is -0.382 e.